The summed E-state index contributed by atoms with van der Waals surface area (Å²) in [5.41, 5.74) is -0.827. The Morgan fingerprint density at radius 3 is 2.63 bits per heavy atom. The molecule has 2 saturated carbocycles. The maximum Gasteiger partial charge on any atom is 0.339 e. The quantitative estimate of drug-likeness (QED) is 0.469. The van der Waals surface area contributed by atoms with Crippen molar-refractivity contribution in [2.24, 2.45) is 29.1 Å². The number of pyridine rings is 1. The van der Waals surface area contributed by atoms with Gasteiger partial charge in [0.15, 0.2) is 5.60 Å². The van der Waals surface area contributed by atoms with Gasteiger partial charge in [-0.2, -0.15) is 0 Å². The van der Waals surface area contributed by atoms with Crippen LogP contribution in [0.3, 0.4) is 0 Å². The lowest BCUT2D eigenvalue weighted by atomic mass is 9.77. The van der Waals surface area contributed by atoms with Crippen molar-refractivity contribution in [1.82, 2.24) is 4.98 Å². The molecule has 3 aliphatic carbocycles. The zero-order valence-electron chi connectivity index (χ0n) is 21.4. The molecule has 0 amide bonds. The van der Waals surface area contributed by atoms with E-state index >= 15 is 0 Å². The molecule has 188 valence electrons. The second-order valence-electron chi connectivity index (χ2n) is 11.8. The van der Waals surface area contributed by atoms with E-state index in [9.17, 15) is 14.4 Å². The lowest BCUT2D eigenvalue weighted by Gasteiger charge is -2.35. The normalized spacial score (nSPS) is 42.8. The molecule has 0 N–H and O–H groups in total. The Morgan fingerprint density at radius 2 is 1.97 bits per heavy atom. The number of allylic oxidation sites excluding steroid dienone is 1. The highest BCUT2D eigenvalue weighted by molar-refractivity contribution is 6.03. The highest BCUT2D eigenvalue weighted by Gasteiger charge is 2.72. The van der Waals surface area contributed by atoms with Gasteiger partial charge in [-0.1, -0.05) is 26.8 Å². The monoisotopic (exact) mass is 481 g/mol. The molecule has 7 heteroatoms. The maximum absolute atomic E-state index is 14.2. The Hall–Kier alpha value is -2.54. The van der Waals surface area contributed by atoms with Gasteiger partial charge in [0.1, 0.15) is 6.10 Å². The van der Waals surface area contributed by atoms with Gasteiger partial charge >= 0.3 is 11.9 Å². The van der Waals surface area contributed by atoms with Gasteiger partial charge in [-0.05, 0) is 67.6 Å². The third-order valence-electron chi connectivity index (χ3n) is 9.07. The molecule has 1 aromatic rings. The smallest absolute Gasteiger partial charge is 0.339 e. The van der Waals surface area contributed by atoms with Crippen LogP contribution in [-0.4, -0.2) is 46.1 Å². The molecule has 0 radical (unpaired) electrons. The third-order valence-corrected chi connectivity index (χ3v) is 9.07. The Balaban J connectivity index is 1.57. The van der Waals surface area contributed by atoms with Crippen molar-refractivity contribution in [3.05, 3.63) is 41.7 Å². The van der Waals surface area contributed by atoms with E-state index in [1.807, 2.05) is 13.8 Å². The largest absolute Gasteiger partial charge is 0.458 e. The minimum absolute atomic E-state index is 0.125. The summed E-state index contributed by atoms with van der Waals surface area (Å²) >= 11 is 0. The van der Waals surface area contributed by atoms with Crippen LogP contribution in [0.25, 0.3) is 0 Å². The van der Waals surface area contributed by atoms with Gasteiger partial charge < -0.3 is 14.2 Å². The van der Waals surface area contributed by atoms with Crippen LogP contribution in [0, 0.1) is 29.1 Å². The SMILES string of the molecule is CC(=O)O[C@]12C[C@H](C)[C@H](OC(=O)c3cccnc3)[C@@H]1[C@@H]1O[C@@]1(C)CC[C@H]1[C@@H](/C=C(\C)C2=O)C1(C)C. The summed E-state index contributed by atoms with van der Waals surface area (Å²) in [5, 5.41) is 0. The molecule has 0 aromatic carbocycles. The second-order valence-corrected chi connectivity index (χ2v) is 11.8. The first kappa shape index (κ1) is 24.2. The summed E-state index contributed by atoms with van der Waals surface area (Å²) in [5.74, 6) is -1.25. The van der Waals surface area contributed by atoms with Crippen molar-refractivity contribution in [1.29, 1.82) is 0 Å². The highest BCUT2D eigenvalue weighted by atomic mass is 16.6. The molecule has 4 aliphatic rings. The molecule has 3 fully saturated rings. The summed E-state index contributed by atoms with van der Waals surface area (Å²) in [7, 11) is 0. The van der Waals surface area contributed by atoms with Crippen LogP contribution in [0.15, 0.2) is 36.2 Å². The van der Waals surface area contributed by atoms with Crippen LogP contribution in [0.2, 0.25) is 0 Å². The van der Waals surface area contributed by atoms with Gasteiger partial charge in [0, 0.05) is 25.7 Å². The minimum Gasteiger partial charge on any atom is -0.458 e. The molecule has 1 saturated heterocycles. The number of ketones is 1. The fourth-order valence-corrected chi connectivity index (χ4v) is 6.99. The molecule has 0 spiro atoms. The number of hydrogen-bond donors (Lipinski definition) is 0. The predicted octanol–water partition coefficient (Wildman–Crippen LogP) is 4.30. The van der Waals surface area contributed by atoms with Crippen LogP contribution in [-0.2, 0) is 23.8 Å². The molecule has 2 heterocycles. The first-order valence-electron chi connectivity index (χ1n) is 12.6. The van der Waals surface area contributed by atoms with Crippen molar-refractivity contribution in [3.63, 3.8) is 0 Å². The van der Waals surface area contributed by atoms with Crippen molar-refractivity contribution in [2.75, 3.05) is 0 Å². The molecule has 8 atom stereocenters. The lowest BCUT2D eigenvalue weighted by molar-refractivity contribution is -0.171. The van der Waals surface area contributed by atoms with Gasteiger partial charge in [-0.15, -0.1) is 0 Å². The van der Waals surface area contributed by atoms with Gasteiger partial charge in [0.2, 0.25) is 5.78 Å². The molecule has 7 nitrogen and oxygen atoms in total. The molecular weight excluding hydrogens is 446 g/mol. The van der Waals surface area contributed by atoms with Crippen molar-refractivity contribution < 1.29 is 28.6 Å². The number of esters is 2. The number of Topliss-reactive ketones (excluding diaryl/α,β-unsaturated/α-hetero) is 1. The Bertz CT molecular complexity index is 1100. The Labute approximate surface area is 206 Å². The highest BCUT2D eigenvalue weighted by Crippen LogP contribution is 2.64. The van der Waals surface area contributed by atoms with E-state index in [4.69, 9.17) is 14.2 Å². The van der Waals surface area contributed by atoms with Gasteiger partial charge in [-0.25, -0.2) is 4.79 Å². The molecular formula is C28H35NO6. The van der Waals surface area contributed by atoms with E-state index in [-0.39, 0.29) is 29.6 Å². The minimum atomic E-state index is -1.44. The fourth-order valence-electron chi connectivity index (χ4n) is 6.99. The Kier molecular flexibility index (Phi) is 5.51. The number of nitrogens with zero attached hydrogens (tertiary/aromatic N) is 1. The molecule has 35 heavy (non-hydrogen) atoms. The van der Waals surface area contributed by atoms with Crippen molar-refractivity contribution in [2.45, 2.75) is 84.2 Å². The molecule has 5 rings (SSSR count). The van der Waals surface area contributed by atoms with E-state index in [0.29, 0.717) is 23.0 Å². The van der Waals surface area contributed by atoms with E-state index in [0.717, 1.165) is 12.8 Å². The van der Waals surface area contributed by atoms with Crippen molar-refractivity contribution in [3.8, 4) is 0 Å². The summed E-state index contributed by atoms with van der Waals surface area (Å²) in [6, 6.07) is 3.33. The number of epoxide rings is 1. The van der Waals surface area contributed by atoms with Gasteiger partial charge in [0.05, 0.1) is 23.2 Å². The average Bonchev–Trinajstić information content (AvgIpc) is 3.56. The van der Waals surface area contributed by atoms with Crippen LogP contribution in [0.5, 0.6) is 0 Å². The van der Waals surface area contributed by atoms with Gasteiger partial charge in [0.25, 0.3) is 0 Å². The first-order chi connectivity index (χ1) is 16.4. The zero-order chi connectivity index (χ0) is 25.3. The zero-order valence-corrected chi connectivity index (χ0v) is 21.4. The standard InChI is InChI=1S/C28H35NO6/c1-15-12-20-19(26(20,4)5)9-10-27(6)24(35-27)21-22(33-25(32)18-8-7-11-29-14-18)16(2)13-28(21,23(15)31)34-17(3)30/h7-8,11-12,14,16,19-22,24H,9-10,13H2,1-6H3/b15-12+/t16-,19-,20+,21+,22-,24-,27-,28+/m0/s1. The predicted molar refractivity (Wildman–Crippen MR) is 127 cm³/mol. The third kappa shape index (κ3) is 3.83. The van der Waals surface area contributed by atoms with Crippen LogP contribution >= 0.6 is 0 Å². The number of fused-ring (bicyclic) bond motifs is 4. The fraction of sp³-hybridized carbons (Fsp3) is 0.643. The summed E-state index contributed by atoms with van der Waals surface area (Å²) < 4.78 is 18.3. The lowest BCUT2D eigenvalue weighted by Crippen LogP contribution is -2.52. The number of carbonyl (C=O) groups excluding carboxylic acids is 3. The maximum atomic E-state index is 14.2. The first-order valence-corrected chi connectivity index (χ1v) is 12.6. The summed E-state index contributed by atoms with van der Waals surface area (Å²) in [6.45, 7) is 11.6. The number of ether oxygens (including phenoxy) is 3. The average molecular weight is 482 g/mol. The second kappa shape index (κ2) is 7.99. The van der Waals surface area contributed by atoms with Crippen LogP contribution in [0.1, 0.15) is 71.2 Å². The molecule has 0 unspecified atom stereocenters. The summed E-state index contributed by atoms with van der Waals surface area (Å²) in [4.78, 5) is 43.6. The van der Waals surface area contributed by atoms with Crippen molar-refractivity contribution >= 4 is 17.7 Å². The topological polar surface area (TPSA) is 95.1 Å². The van der Waals surface area contributed by atoms with Gasteiger partial charge in [-0.3, -0.25) is 14.6 Å². The van der Waals surface area contributed by atoms with E-state index in [1.54, 1.807) is 18.3 Å². The van der Waals surface area contributed by atoms with Crippen LogP contribution in [0.4, 0.5) is 0 Å². The number of rotatable bonds is 3. The van der Waals surface area contributed by atoms with E-state index in [2.05, 4.69) is 31.8 Å². The summed E-state index contributed by atoms with van der Waals surface area (Å²) in [6.07, 6.45) is 6.25. The molecule has 0 bridgehead atoms. The van der Waals surface area contributed by atoms with Crippen LogP contribution < -0.4 is 0 Å². The number of carbonyl (C=O) groups is 3. The molecule has 1 aliphatic heterocycles. The molecule has 1 aromatic heterocycles. The van der Waals surface area contributed by atoms with E-state index in [1.165, 1.54) is 13.1 Å². The Morgan fingerprint density at radius 1 is 1.23 bits per heavy atom. The van der Waals surface area contributed by atoms with E-state index < -0.39 is 35.2 Å². The number of hydrogen-bond acceptors (Lipinski definition) is 7. The number of aromatic nitrogens is 1.